The Balaban J connectivity index is 2.11. The van der Waals surface area contributed by atoms with Crippen molar-refractivity contribution in [1.29, 1.82) is 0 Å². The Morgan fingerprint density at radius 2 is 2.04 bits per heavy atom. The molecule has 0 aliphatic carbocycles. The Kier molecular flexibility index (Phi) is 5.44. The third kappa shape index (κ3) is 4.59. The number of rotatable bonds is 5. The molecule has 23 heavy (non-hydrogen) atoms. The van der Waals surface area contributed by atoms with Gasteiger partial charge in [-0.05, 0) is 18.1 Å². The van der Waals surface area contributed by atoms with E-state index in [9.17, 15) is 14.0 Å². The van der Waals surface area contributed by atoms with Gasteiger partial charge < -0.3 is 10.6 Å². The molecule has 2 amide bonds. The molecule has 1 heterocycles. The summed E-state index contributed by atoms with van der Waals surface area (Å²) in [7, 11) is 0. The fourth-order valence-corrected chi connectivity index (χ4v) is 2.77. The van der Waals surface area contributed by atoms with E-state index in [0.717, 1.165) is 0 Å². The van der Waals surface area contributed by atoms with Gasteiger partial charge in [0.25, 0.3) is 0 Å². The van der Waals surface area contributed by atoms with Crippen LogP contribution in [0.3, 0.4) is 0 Å². The van der Waals surface area contributed by atoms with Gasteiger partial charge >= 0.3 is 0 Å². The molecule has 1 atom stereocenters. The Hall–Kier alpha value is -2.28. The number of hydrogen-bond acceptors (Lipinski definition) is 4. The highest BCUT2D eigenvalue weighted by Gasteiger charge is 2.23. The molecule has 0 aliphatic rings. The molecule has 0 unspecified atom stereocenters. The lowest BCUT2D eigenvalue weighted by atomic mass is 10.0. The summed E-state index contributed by atoms with van der Waals surface area (Å²) < 4.78 is 13.3. The molecule has 1 aromatic carbocycles. The number of halogens is 1. The van der Waals surface area contributed by atoms with Crippen molar-refractivity contribution in [2.45, 2.75) is 26.8 Å². The number of hydrogen-bond donors (Lipinski definition) is 2. The zero-order chi connectivity index (χ0) is 17.0. The van der Waals surface area contributed by atoms with E-state index in [4.69, 9.17) is 0 Å². The second kappa shape index (κ2) is 7.32. The molecule has 5 nitrogen and oxygen atoms in total. The summed E-state index contributed by atoms with van der Waals surface area (Å²) >= 11 is 1.25. The summed E-state index contributed by atoms with van der Waals surface area (Å²) in [6.45, 7) is 5.06. The number of amides is 2. The van der Waals surface area contributed by atoms with Crippen molar-refractivity contribution in [3.63, 3.8) is 0 Å². The van der Waals surface area contributed by atoms with E-state index < -0.39 is 6.04 Å². The third-order valence-corrected chi connectivity index (χ3v) is 3.92. The third-order valence-electron chi connectivity index (χ3n) is 3.16. The van der Waals surface area contributed by atoms with Gasteiger partial charge in [-0.15, -0.1) is 11.3 Å². The summed E-state index contributed by atoms with van der Waals surface area (Å²) in [6, 6.07) is 5.47. The molecule has 122 valence electrons. The van der Waals surface area contributed by atoms with Gasteiger partial charge in [-0.2, -0.15) is 0 Å². The maximum absolute atomic E-state index is 13.3. The fourth-order valence-electron chi connectivity index (χ4n) is 2.05. The normalized spacial score (nSPS) is 12.0. The molecule has 0 saturated carbocycles. The summed E-state index contributed by atoms with van der Waals surface area (Å²) in [6.07, 6.45) is 0. The minimum absolute atomic E-state index is 0.0541. The number of benzene rings is 1. The van der Waals surface area contributed by atoms with Crippen molar-refractivity contribution in [2.75, 3.05) is 5.32 Å². The first-order valence-electron chi connectivity index (χ1n) is 7.16. The maximum Gasteiger partial charge on any atom is 0.248 e. The highest BCUT2D eigenvalue weighted by atomic mass is 32.1. The molecule has 1 aromatic heterocycles. The van der Waals surface area contributed by atoms with Gasteiger partial charge in [-0.3, -0.25) is 9.59 Å². The van der Waals surface area contributed by atoms with Crippen molar-refractivity contribution in [3.05, 3.63) is 35.5 Å². The molecule has 0 saturated heterocycles. The Morgan fingerprint density at radius 3 is 2.65 bits per heavy atom. The second-order valence-electron chi connectivity index (χ2n) is 5.46. The summed E-state index contributed by atoms with van der Waals surface area (Å²) in [5, 5.41) is 7.47. The second-order valence-corrected chi connectivity index (χ2v) is 6.32. The van der Waals surface area contributed by atoms with E-state index in [1.54, 1.807) is 17.5 Å². The number of aromatic nitrogens is 1. The molecular formula is C16H18FN3O2S. The minimum Gasteiger partial charge on any atom is -0.344 e. The average Bonchev–Trinajstić information content (AvgIpc) is 2.92. The molecule has 0 radical (unpaired) electrons. The van der Waals surface area contributed by atoms with Gasteiger partial charge in [-0.25, -0.2) is 9.37 Å². The van der Waals surface area contributed by atoms with E-state index in [-0.39, 0.29) is 23.5 Å². The zero-order valence-corrected chi connectivity index (χ0v) is 13.9. The van der Waals surface area contributed by atoms with Gasteiger partial charge in [0, 0.05) is 17.9 Å². The smallest absolute Gasteiger partial charge is 0.248 e. The molecule has 0 fully saturated rings. The van der Waals surface area contributed by atoms with E-state index >= 15 is 0 Å². The number of nitrogens with zero attached hydrogens (tertiary/aromatic N) is 1. The number of carbonyl (C=O) groups is 2. The lowest BCUT2D eigenvalue weighted by molar-refractivity contribution is -0.126. The Morgan fingerprint density at radius 1 is 1.30 bits per heavy atom. The van der Waals surface area contributed by atoms with Crippen LogP contribution in [0.2, 0.25) is 0 Å². The highest BCUT2D eigenvalue weighted by molar-refractivity contribution is 7.14. The topological polar surface area (TPSA) is 71.1 Å². The van der Waals surface area contributed by atoms with Crippen LogP contribution in [0.25, 0.3) is 11.3 Å². The Labute approximate surface area is 137 Å². The van der Waals surface area contributed by atoms with Crippen LogP contribution in [0.15, 0.2) is 29.6 Å². The van der Waals surface area contributed by atoms with Gasteiger partial charge in [0.2, 0.25) is 11.8 Å². The molecular weight excluding hydrogens is 317 g/mol. The van der Waals surface area contributed by atoms with E-state index in [2.05, 4.69) is 15.6 Å². The van der Waals surface area contributed by atoms with Crippen LogP contribution >= 0.6 is 11.3 Å². The number of anilines is 1. The number of nitrogens with one attached hydrogen (secondary N) is 2. The predicted molar refractivity (Wildman–Crippen MR) is 88.6 cm³/mol. The SMILES string of the molecule is CC(=O)N[C@@H](C(=O)Nc1nc(-c2cccc(F)c2)cs1)C(C)C. The first-order chi connectivity index (χ1) is 10.9. The zero-order valence-electron chi connectivity index (χ0n) is 13.1. The van der Waals surface area contributed by atoms with Gasteiger partial charge in [0.05, 0.1) is 5.69 Å². The van der Waals surface area contributed by atoms with Crippen LogP contribution in [-0.4, -0.2) is 22.8 Å². The predicted octanol–water partition coefficient (Wildman–Crippen LogP) is 3.05. The standard InChI is InChI=1S/C16H18FN3O2S/c1-9(2)14(18-10(3)21)15(22)20-16-19-13(8-23-16)11-5-4-6-12(17)7-11/h4-9,14H,1-3H3,(H,18,21)(H,19,20,22)/t14-/m1/s1. The van der Waals surface area contributed by atoms with Crippen LogP contribution in [0.4, 0.5) is 9.52 Å². The van der Waals surface area contributed by atoms with Crippen molar-refractivity contribution < 1.29 is 14.0 Å². The lowest BCUT2D eigenvalue weighted by Gasteiger charge is -2.20. The van der Waals surface area contributed by atoms with Gasteiger partial charge in [0.15, 0.2) is 5.13 Å². The molecule has 7 heteroatoms. The minimum atomic E-state index is -0.631. The van der Waals surface area contributed by atoms with Gasteiger partial charge in [0.1, 0.15) is 11.9 Å². The van der Waals surface area contributed by atoms with E-state index in [0.29, 0.717) is 16.4 Å². The lowest BCUT2D eigenvalue weighted by Crippen LogP contribution is -2.46. The molecule has 2 N–H and O–H groups in total. The summed E-state index contributed by atoms with van der Waals surface area (Å²) in [5.41, 5.74) is 1.23. The first kappa shape index (κ1) is 17.1. The van der Waals surface area contributed by atoms with Crippen LogP contribution in [-0.2, 0) is 9.59 Å². The van der Waals surface area contributed by atoms with E-state index in [1.807, 2.05) is 13.8 Å². The fraction of sp³-hybridized carbons (Fsp3) is 0.312. The Bertz CT molecular complexity index is 715. The van der Waals surface area contributed by atoms with E-state index in [1.165, 1.54) is 30.4 Å². The summed E-state index contributed by atoms with van der Waals surface area (Å²) in [5.74, 6) is -0.984. The van der Waals surface area contributed by atoms with Crippen LogP contribution in [0.1, 0.15) is 20.8 Å². The average molecular weight is 335 g/mol. The number of thiazole rings is 1. The highest BCUT2D eigenvalue weighted by Crippen LogP contribution is 2.25. The quantitative estimate of drug-likeness (QED) is 0.882. The molecule has 0 bridgehead atoms. The van der Waals surface area contributed by atoms with Crippen molar-refractivity contribution >= 4 is 28.3 Å². The number of carbonyl (C=O) groups excluding carboxylic acids is 2. The molecule has 2 rings (SSSR count). The molecule has 0 spiro atoms. The monoisotopic (exact) mass is 335 g/mol. The first-order valence-corrected chi connectivity index (χ1v) is 8.04. The maximum atomic E-state index is 13.3. The molecule has 2 aromatic rings. The summed E-state index contributed by atoms with van der Waals surface area (Å²) in [4.78, 5) is 27.8. The van der Waals surface area contributed by atoms with Crippen molar-refractivity contribution in [3.8, 4) is 11.3 Å². The molecule has 0 aliphatic heterocycles. The van der Waals surface area contributed by atoms with Crippen molar-refractivity contribution in [1.82, 2.24) is 10.3 Å². The van der Waals surface area contributed by atoms with Crippen LogP contribution in [0.5, 0.6) is 0 Å². The largest absolute Gasteiger partial charge is 0.344 e. The van der Waals surface area contributed by atoms with Crippen LogP contribution < -0.4 is 10.6 Å². The van der Waals surface area contributed by atoms with Crippen LogP contribution in [0, 0.1) is 11.7 Å². The van der Waals surface area contributed by atoms with Gasteiger partial charge in [-0.1, -0.05) is 26.0 Å². The van der Waals surface area contributed by atoms with Crippen molar-refractivity contribution in [2.24, 2.45) is 5.92 Å².